The fourth-order valence-corrected chi connectivity index (χ4v) is 6.02. The molecule has 2 heteroatoms. The Morgan fingerprint density at radius 2 is 1.55 bits per heavy atom. The molecule has 0 aromatic rings. The van der Waals surface area contributed by atoms with Crippen LogP contribution in [0.3, 0.4) is 0 Å². The maximum Gasteiger partial charge on any atom is 0.0347 e. The molecule has 2 N–H and O–H groups in total. The highest BCUT2D eigenvalue weighted by Gasteiger charge is 2.53. The minimum absolute atomic E-state index is 0.224. The molecule has 0 amide bonds. The normalized spacial score (nSPS) is 36.1. The van der Waals surface area contributed by atoms with Crippen molar-refractivity contribution >= 4 is 0 Å². The van der Waals surface area contributed by atoms with E-state index in [1.54, 1.807) is 0 Å². The lowest BCUT2D eigenvalue weighted by atomic mass is 9.57. The number of nitrogens with zero attached hydrogens (tertiary/aromatic N) is 1. The fourth-order valence-electron chi connectivity index (χ4n) is 6.02. The molecule has 2 rings (SSSR count). The fraction of sp³-hybridized carbons (Fsp3) is 1.00. The van der Waals surface area contributed by atoms with Gasteiger partial charge in [0.05, 0.1) is 0 Å². The first-order chi connectivity index (χ1) is 9.15. The predicted molar refractivity (Wildman–Crippen MR) is 87.8 cm³/mol. The molecule has 20 heavy (non-hydrogen) atoms. The highest BCUT2D eigenvalue weighted by molar-refractivity contribution is 5.08. The molecule has 2 unspecified atom stereocenters. The Morgan fingerprint density at radius 3 is 2.00 bits per heavy atom. The van der Waals surface area contributed by atoms with Crippen molar-refractivity contribution in [1.29, 1.82) is 0 Å². The van der Waals surface area contributed by atoms with Crippen LogP contribution in [0, 0.1) is 10.8 Å². The van der Waals surface area contributed by atoms with Gasteiger partial charge in [0.25, 0.3) is 0 Å². The van der Waals surface area contributed by atoms with Crippen LogP contribution in [-0.2, 0) is 0 Å². The summed E-state index contributed by atoms with van der Waals surface area (Å²) >= 11 is 0. The van der Waals surface area contributed by atoms with Crippen molar-refractivity contribution in [2.75, 3.05) is 6.54 Å². The average Bonchev–Trinajstić information content (AvgIpc) is 2.66. The molecule has 0 bridgehead atoms. The Balaban J connectivity index is 2.37. The first kappa shape index (κ1) is 16.3. The topological polar surface area (TPSA) is 29.3 Å². The molecule has 1 aliphatic heterocycles. The third kappa shape index (κ3) is 2.92. The van der Waals surface area contributed by atoms with Crippen LogP contribution in [0.25, 0.3) is 0 Å². The van der Waals surface area contributed by atoms with E-state index < -0.39 is 0 Å². The zero-order valence-electron chi connectivity index (χ0n) is 14.6. The summed E-state index contributed by atoms with van der Waals surface area (Å²) in [4.78, 5) is 2.84. The van der Waals surface area contributed by atoms with Crippen LogP contribution >= 0.6 is 0 Å². The zero-order valence-corrected chi connectivity index (χ0v) is 14.6. The number of rotatable bonds is 3. The van der Waals surface area contributed by atoms with Gasteiger partial charge in [-0.1, -0.05) is 34.6 Å². The zero-order chi connectivity index (χ0) is 15.2. The van der Waals surface area contributed by atoms with Crippen molar-refractivity contribution in [3.63, 3.8) is 0 Å². The minimum Gasteiger partial charge on any atom is -0.329 e. The van der Waals surface area contributed by atoms with Crippen LogP contribution in [0.15, 0.2) is 0 Å². The second kappa shape index (κ2) is 5.28. The molecule has 1 heterocycles. The number of hydrogen-bond acceptors (Lipinski definition) is 2. The number of nitrogens with two attached hydrogens (primary N) is 1. The van der Waals surface area contributed by atoms with E-state index in [9.17, 15) is 0 Å². The van der Waals surface area contributed by atoms with Crippen molar-refractivity contribution in [3.8, 4) is 0 Å². The van der Waals surface area contributed by atoms with Crippen molar-refractivity contribution in [1.82, 2.24) is 4.90 Å². The van der Waals surface area contributed by atoms with Gasteiger partial charge in [0.15, 0.2) is 0 Å². The van der Waals surface area contributed by atoms with Gasteiger partial charge in [0, 0.05) is 24.2 Å². The van der Waals surface area contributed by atoms with E-state index >= 15 is 0 Å². The molecule has 0 aromatic heterocycles. The van der Waals surface area contributed by atoms with Crippen LogP contribution in [0.1, 0.15) is 80.1 Å². The van der Waals surface area contributed by atoms with Gasteiger partial charge in [0.1, 0.15) is 0 Å². The SMILES string of the molecule is CCC1CCC(C)N1C1(CN)CC(C)(C)CC(C)(C)C1. The summed E-state index contributed by atoms with van der Waals surface area (Å²) in [5, 5.41) is 0. The molecule has 1 saturated carbocycles. The summed E-state index contributed by atoms with van der Waals surface area (Å²) < 4.78 is 0. The highest BCUT2D eigenvalue weighted by Crippen LogP contribution is 2.54. The standard InChI is InChI=1S/C18H36N2/c1-7-15-9-8-14(2)20(15)18(13-19)11-16(3,4)10-17(5,6)12-18/h14-15H,7-13,19H2,1-6H3. The quantitative estimate of drug-likeness (QED) is 0.840. The second-order valence-electron chi connectivity index (χ2n) is 9.18. The summed E-state index contributed by atoms with van der Waals surface area (Å²) in [6.07, 6.45) is 7.83. The summed E-state index contributed by atoms with van der Waals surface area (Å²) in [6.45, 7) is 15.4. The molecule has 0 radical (unpaired) electrons. The van der Waals surface area contributed by atoms with Crippen LogP contribution in [0.4, 0.5) is 0 Å². The Hall–Kier alpha value is -0.0800. The largest absolute Gasteiger partial charge is 0.329 e. The average molecular weight is 280 g/mol. The van der Waals surface area contributed by atoms with Crippen LogP contribution in [0.5, 0.6) is 0 Å². The molecule has 2 fully saturated rings. The van der Waals surface area contributed by atoms with Gasteiger partial charge < -0.3 is 5.73 Å². The molecule has 118 valence electrons. The molecule has 0 aromatic carbocycles. The molecule has 2 atom stereocenters. The van der Waals surface area contributed by atoms with Crippen LogP contribution in [-0.4, -0.2) is 29.1 Å². The van der Waals surface area contributed by atoms with E-state index in [1.165, 1.54) is 38.5 Å². The smallest absolute Gasteiger partial charge is 0.0347 e. The van der Waals surface area contributed by atoms with Gasteiger partial charge >= 0.3 is 0 Å². The Bertz CT molecular complexity index is 329. The Labute approximate surface area is 126 Å². The summed E-state index contributed by atoms with van der Waals surface area (Å²) in [7, 11) is 0. The molecule has 1 saturated heterocycles. The van der Waals surface area contributed by atoms with Gasteiger partial charge in [0.2, 0.25) is 0 Å². The van der Waals surface area contributed by atoms with Gasteiger partial charge in [-0.25, -0.2) is 0 Å². The predicted octanol–water partition coefficient (Wildman–Crippen LogP) is 4.18. The van der Waals surface area contributed by atoms with Crippen molar-refractivity contribution in [2.45, 2.75) is 97.7 Å². The Morgan fingerprint density at radius 1 is 1.00 bits per heavy atom. The maximum atomic E-state index is 6.40. The summed E-state index contributed by atoms with van der Waals surface area (Å²) in [5.74, 6) is 0. The van der Waals surface area contributed by atoms with E-state index in [0.717, 1.165) is 12.6 Å². The number of likely N-dealkylation sites (tertiary alicyclic amines) is 1. The minimum atomic E-state index is 0.224. The molecule has 1 aliphatic carbocycles. The van der Waals surface area contributed by atoms with E-state index in [2.05, 4.69) is 46.4 Å². The van der Waals surface area contributed by atoms with Gasteiger partial charge in [-0.05, 0) is 56.3 Å². The van der Waals surface area contributed by atoms with Crippen LogP contribution in [0.2, 0.25) is 0 Å². The van der Waals surface area contributed by atoms with E-state index in [1.807, 2.05) is 0 Å². The monoisotopic (exact) mass is 280 g/mol. The van der Waals surface area contributed by atoms with Crippen LogP contribution < -0.4 is 5.73 Å². The Kier molecular flexibility index (Phi) is 4.30. The first-order valence-corrected chi connectivity index (χ1v) is 8.63. The van der Waals surface area contributed by atoms with Crippen molar-refractivity contribution < 1.29 is 0 Å². The molecule has 2 aliphatic rings. The lowest BCUT2D eigenvalue weighted by Crippen LogP contribution is -2.63. The highest BCUT2D eigenvalue weighted by atomic mass is 15.3. The lowest BCUT2D eigenvalue weighted by Gasteiger charge is -2.58. The molecule has 2 nitrogen and oxygen atoms in total. The third-order valence-electron chi connectivity index (χ3n) is 5.76. The summed E-state index contributed by atoms with van der Waals surface area (Å²) in [5.41, 5.74) is 7.43. The molecular weight excluding hydrogens is 244 g/mol. The van der Waals surface area contributed by atoms with E-state index in [4.69, 9.17) is 5.73 Å². The van der Waals surface area contributed by atoms with Crippen molar-refractivity contribution in [3.05, 3.63) is 0 Å². The maximum absolute atomic E-state index is 6.40. The second-order valence-corrected chi connectivity index (χ2v) is 9.18. The van der Waals surface area contributed by atoms with E-state index in [0.29, 0.717) is 16.9 Å². The first-order valence-electron chi connectivity index (χ1n) is 8.63. The molecule has 0 spiro atoms. The van der Waals surface area contributed by atoms with Gasteiger partial charge in [-0.3, -0.25) is 4.90 Å². The number of hydrogen-bond donors (Lipinski definition) is 1. The van der Waals surface area contributed by atoms with Gasteiger partial charge in [-0.2, -0.15) is 0 Å². The van der Waals surface area contributed by atoms with Gasteiger partial charge in [-0.15, -0.1) is 0 Å². The third-order valence-corrected chi connectivity index (χ3v) is 5.76. The summed E-state index contributed by atoms with van der Waals surface area (Å²) in [6, 6.07) is 1.45. The molecular formula is C18H36N2. The van der Waals surface area contributed by atoms with Crippen molar-refractivity contribution in [2.24, 2.45) is 16.6 Å². The van der Waals surface area contributed by atoms with E-state index in [-0.39, 0.29) is 5.54 Å². The lowest BCUT2D eigenvalue weighted by molar-refractivity contribution is -0.0645.